The van der Waals surface area contributed by atoms with Gasteiger partial charge in [-0.15, -0.1) is 0 Å². The molecule has 0 aliphatic heterocycles. The van der Waals surface area contributed by atoms with Crippen molar-refractivity contribution >= 4 is 13.5 Å². The summed E-state index contributed by atoms with van der Waals surface area (Å²) in [6.45, 7) is 2.25. The molecule has 0 aliphatic carbocycles. The fraction of sp³-hybridized carbons (Fsp3) is 0.889. The van der Waals surface area contributed by atoms with Crippen LogP contribution in [0.4, 0.5) is 0 Å². The Bertz CT molecular complexity index is 69.1. The first-order valence-electron chi connectivity index (χ1n) is 4.52. The molecule has 0 aromatic heterocycles. The van der Waals surface area contributed by atoms with Gasteiger partial charge in [0, 0.05) is 0 Å². The molecule has 0 rings (SSSR count). The van der Waals surface area contributed by atoms with Crippen LogP contribution in [-0.4, -0.2) is 13.5 Å². The normalized spacial score (nSPS) is 9.60. The second-order valence-corrected chi connectivity index (χ2v) is 2.85. The van der Waals surface area contributed by atoms with Crippen molar-refractivity contribution < 1.29 is 0 Å². The van der Waals surface area contributed by atoms with Crippen LogP contribution < -0.4 is 0 Å². The standard InChI is InChI=1S/C9H19B/c1-2-3-4-5-6-7-8-9-10/h9-10H,2-8H2,1H3. The van der Waals surface area contributed by atoms with Crippen molar-refractivity contribution in [2.45, 2.75) is 51.9 Å². The van der Waals surface area contributed by atoms with E-state index in [9.17, 15) is 0 Å². The Morgan fingerprint density at radius 3 is 2.20 bits per heavy atom. The molecule has 0 spiro atoms. The van der Waals surface area contributed by atoms with Crippen molar-refractivity contribution in [2.75, 3.05) is 0 Å². The Labute approximate surface area is 66.1 Å². The van der Waals surface area contributed by atoms with Crippen molar-refractivity contribution in [1.82, 2.24) is 0 Å². The van der Waals surface area contributed by atoms with E-state index in [1.807, 2.05) is 5.97 Å². The molecular weight excluding hydrogens is 119 g/mol. The Balaban J connectivity index is 2.70. The van der Waals surface area contributed by atoms with Gasteiger partial charge in [0.15, 0.2) is 0 Å². The number of hydrogen-bond donors (Lipinski definition) is 0. The topological polar surface area (TPSA) is 0 Å². The Morgan fingerprint density at radius 1 is 1.00 bits per heavy atom. The van der Waals surface area contributed by atoms with Crippen molar-refractivity contribution in [3.05, 3.63) is 0 Å². The molecule has 0 atom stereocenters. The van der Waals surface area contributed by atoms with Gasteiger partial charge in [-0.2, -0.15) is 0 Å². The first-order chi connectivity index (χ1) is 4.91. The monoisotopic (exact) mass is 138 g/mol. The summed E-state index contributed by atoms with van der Waals surface area (Å²) in [6.07, 6.45) is 9.54. The van der Waals surface area contributed by atoms with E-state index in [2.05, 4.69) is 14.4 Å². The first kappa shape index (κ1) is 9.93. The van der Waals surface area contributed by atoms with Crippen LogP contribution in [0.5, 0.6) is 0 Å². The molecule has 0 aliphatic rings. The van der Waals surface area contributed by atoms with Gasteiger partial charge in [0.05, 0.1) is 0 Å². The molecule has 0 saturated heterocycles. The van der Waals surface area contributed by atoms with Crippen LogP contribution >= 0.6 is 0 Å². The van der Waals surface area contributed by atoms with E-state index in [4.69, 9.17) is 0 Å². The molecule has 58 valence electrons. The second-order valence-electron chi connectivity index (χ2n) is 2.85. The van der Waals surface area contributed by atoms with E-state index >= 15 is 0 Å². The third-order valence-corrected chi connectivity index (χ3v) is 1.76. The minimum atomic E-state index is 1.20. The predicted octanol–water partition coefficient (Wildman–Crippen LogP) is 2.44. The molecule has 0 N–H and O–H groups in total. The van der Waals surface area contributed by atoms with Gasteiger partial charge < -0.3 is 0 Å². The van der Waals surface area contributed by atoms with Gasteiger partial charge in [-0.05, 0) is 0 Å². The summed E-state index contributed by atoms with van der Waals surface area (Å²) in [6, 6.07) is 0. The number of hydrogen-bond acceptors (Lipinski definition) is 0. The maximum atomic E-state index is 3.69. The third kappa shape index (κ3) is 7.93. The van der Waals surface area contributed by atoms with Crippen LogP contribution in [0.15, 0.2) is 0 Å². The fourth-order valence-electron chi connectivity index (χ4n) is 1.07. The molecule has 0 aromatic carbocycles. The quantitative estimate of drug-likeness (QED) is 0.374. The van der Waals surface area contributed by atoms with E-state index in [0.717, 1.165) is 0 Å². The summed E-state index contributed by atoms with van der Waals surface area (Å²) in [5.74, 6) is 2.01. The molecule has 0 bridgehead atoms. The van der Waals surface area contributed by atoms with Crippen molar-refractivity contribution in [3.63, 3.8) is 0 Å². The minimum absolute atomic E-state index is 1.20. The van der Waals surface area contributed by atoms with Gasteiger partial charge in [-0.25, -0.2) is 0 Å². The molecule has 0 unspecified atom stereocenters. The van der Waals surface area contributed by atoms with Crippen LogP contribution in [0.1, 0.15) is 51.9 Å². The molecule has 0 amide bonds. The fourth-order valence-corrected chi connectivity index (χ4v) is 1.07. The first-order valence-corrected chi connectivity index (χ1v) is 4.52. The van der Waals surface area contributed by atoms with Crippen LogP contribution in [0, 0.1) is 0 Å². The second kappa shape index (κ2) is 8.93. The SMILES string of the molecule is B=CCCCCCCCC. The summed E-state index contributed by atoms with van der Waals surface area (Å²) < 4.78 is 0. The van der Waals surface area contributed by atoms with E-state index in [1.165, 1.54) is 44.9 Å². The average molecular weight is 138 g/mol. The molecule has 0 nitrogen and oxygen atoms in total. The summed E-state index contributed by atoms with van der Waals surface area (Å²) in [4.78, 5) is 0. The molecule has 10 heavy (non-hydrogen) atoms. The molecule has 0 heterocycles. The van der Waals surface area contributed by atoms with Gasteiger partial charge in [0.1, 0.15) is 0 Å². The maximum absolute atomic E-state index is 3.69. The van der Waals surface area contributed by atoms with Gasteiger partial charge >= 0.3 is 65.3 Å². The zero-order valence-electron chi connectivity index (χ0n) is 7.23. The summed E-state index contributed by atoms with van der Waals surface area (Å²) >= 11 is 0. The van der Waals surface area contributed by atoms with E-state index in [-0.39, 0.29) is 0 Å². The molecule has 1 heteroatoms. The summed E-state index contributed by atoms with van der Waals surface area (Å²) in [7, 11) is 3.69. The van der Waals surface area contributed by atoms with E-state index in [1.54, 1.807) is 0 Å². The van der Waals surface area contributed by atoms with Gasteiger partial charge in [-0.3, -0.25) is 0 Å². The van der Waals surface area contributed by atoms with Gasteiger partial charge in [0.2, 0.25) is 0 Å². The van der Waals surface area contributed by atoms with Crippen molar-refractivity contribution in [2.24, 2.45) is 0 Å². The molecule has 0 radical (unpaired) electrons. The third-order valence-electron chi connectivity index (χ3n) is 1.76. The number of unbranched alkanes of at least 4 members (excludes halogenated alkanes) is 6. The predicted molar refractivity (Wildman–Crippen MR) is 51.2 cm³/mol. The van der Waals surface area contributed by atoms with Gasteiger partial charge in [-0.1, -0.05) is 0 Å². The van der Waals surface area contributed by atoms with E-state index in [0.29, 0.717) is 0 Å². The zero-order chi connectivity index (χ0) is 7.66. The molecule has 0 fully saturated rings. The summed E-state index contributed by atoms with van der Waals surface area (Å²) in [5, 5.41) is 0. The number of rotatable bonds is 7. The summed E-state index contributed by atoms with van der Waals surface area (Å²) in [5.41, 5.74) is 0. The zero-order valence-corrected chi connectivity index (χ0v) is 7.23. The Kier molecular flexibility index (Phi) is 8.88. The van der Waals surface area contributed by atoms with Crippen LogP contribution in [0.3, 0.4) is 0 Å². The van der Waals surface area contributed by atoms with E-state index < -0.39 is 0 Å². The van der Waals surface area contributed by atoms with Crippen molar-refractivity contribution in [1.29, 1.82) is 0 Å². The van der Waals surface area contributed by atoms with Gasteiger partial charge in [0.25, 0.3) is 0 Å². The van der Waals surface area contributed by atoms with Crippen LogP contribution in [0.2, 0.25) is 0 Å². The molecule has 0 aromatic rings. The van der Waals surface area contributed by atoms with Crippen LogP contribution in [0.25, 0.3) is 0 Å². The van der Waals surface area contributed by atoms with Crippen LogP contribution in [-0.2, 0) is 0 Å². The molecule has 0 saturated carbocycles. The van der Waals surface area contributed by atoms with Crippen molar-refractivity contribution in [3.8, 4) is 0 Å². The average Bonchev–Trinajstić information content (AvgIpc) is 1.97. The molecular formula is C9H19B. The Hall–Kier alpha value is -0.0651. The Morgan fingerprint density at radius 2 is 1.60 bits per heavy atom.